The number of hydrogen-bond acceptors (Lipinski definition) is 7. The molecule has 0 aromatic heterocycles. The molecule has 0 unspecified atom stereocenters. The minimum absolute atomic E-state index is 0.0841. The fourth-order valence-electron chi connectivity index (χ4n) is 4.37. The summed E-state index contributed by atoms with van der Waals surface area (Å²) < 4.78 is 11.5. The Labute approximate surface area is 292 Å². The van der Waals surface area contributed by atoms with E-state index in [2.05, 4.69) is 42.5 Å². The molecule has 5 amide bonds. The number of carbonyl (C=O) groups excluding carboxylic acids is 5. The summed E-state index contributed by atoms with van der Waals surface area (Å²) >= 11 is 3.38. The van der Waals surface area contributed by atoms with E-state index >= 15 is 0 Å². The summed E-state index contributed by atoms with van der Waals surface area (Å²) in [6, 6.07) is 13.2. The third-order valence-electron chi connectivity index (χ3n) is 6.47. The Bertz CT molecular complexity index is 1390. The molecule has 264 valence electrons. The lowest BCUT2D eigenvalue weighted by Crippen LogP contribution is -2.46. The van der Waals surface area contributed by atoms with Crippen molar-refractivity contribution < 1.29 is 33.4 Å². The maximum atomic E-state index is 13.4. The summed E-state index contributed by atoms with van der Waals surface area (Å²) in [7, 11) is 0. The van der Waals surface area contributed by atoms with Crippen LogP contribution in [-0.4, -0.2) is 53.7 Å². The molecule has 5 N–H and O–H groups in total. The zero-order valence-corrected chi connectivity index (χ0v) is 30.4. The van der Waals surface area contributed by atoms with Gasteiger partial charge in [0, 0.05) is 29.5 Å². The molecule has 12 nitrogen and oxygen atoms in total. The van der Waals surface area contributed by atoms with Crippen LogP contribution in [-0.2, 0) is 23.9 Å². The smallest absolute Gasteiger partial charge is 0.408 e. The zero-order chi connectivity index (χ0) is 35.7. The number of benzene rings is 2. The molecule has 0 saturated heterocycles. The Morgan fingerprint density at radius 3 is 1.88 bits per heavy atom. The Morgan fingerprint density at radius 2 is 1.27 bits per heavy atom. The first-order valence-corrected chi connectivity index (χ1v) is 17.0. The second-order valence-corrected chi connectivity index (χ2v) is 14.2. The first-order chi connectivity index (χ1) is 22.5. The number of halogens is 1. The van der Waals surface area contributed by atoms with Crippen LogP contribution in [0.5, 0.6) is 0 Å². The molecule has 0 fully saturated rings. The number of ether oxygens (including phenoxy) is 2. The van der Waals surface area contributed by atoms with E-state index < -0.39 is 35.3 Å². The van der Waals surface area contributed by atoms with E-state index in [4.69, 9.17) is 9.47 Å². The number of anilines is 3. The summed E-state index contributed by atoms with van der Waals surface area (Å²) in [6.45, 7) is 10.9. The van der Waals surface area contributed by atoms with Crippen LogP contribution in [0.1, 0.15) is 92.9 Å². The predicted molar refractivity (Wildman–Crippen MR) is 191 cm³/mol. The SMILES string of the molecule is CC(C)(C)OC(=O)NCCCC[C@H](NC(=O)OC(C)(C)C)C(=O)Nc1ccccc1NC(=O)CCCCCC(=O)Nc1cccc(Br)c1. The Morgan fingerprint density at radius 1 is 0.688 bits per heavy atom. The second-order valence-electron chi connectivity index (χ2n) is 13.3. The molecule has 0 aliphatic rings. The van der Waals surface area contributed by atoms with Crippen molar-refractivity contribution in [1.29, 1.82) is 0 Å². The molecule has 0 spiro atoms. The van der Waals surface area contributed by atoms with Crippen molar-refractivity contribution >= 4 is 62.9 Å². The van der Waals surface area contributed by atoms with Crippen molar-refractivity contribution in [3.05, 3.63) is 53.0 Å². The summed E-state index contributed by atoms with van der Waals surface area (Å²) in [5, 5.41) is 13.9. The lowest BCUT2D eigenvalue weighted by molar-refractivity contribution is -0.118. The Hall–Kier alpha value is -4.13. The highest BCUT2D eigenvalue weighted by atomic mass is 79.9. The third kappa shape index (κ3) is 17.7. The van der Waals surface area contributed by atoms with Crippen LogP contribution < -0.4 is 26.6 Å². The Kier molecular flexibility index (Phi) is 16.4. The molecule has 2 aromatic carbocycles. The minimum Gasteiger partial charge on any atom is -0.444 e. The average molecular weight is 733 g/mol. The molecule has 0 bridgehead atoms. The normalized spacial score (nSPS) is 11.9. The van der Waals surface area contributed by atoms with E-state index in [0.717, 1.165) is 10.2 Å². The van der Waals surface area contributed by atoms with Crippen molar-refractivity contribution in [3.8, 4) is 0 Å². The van der Waals surface area contributed by atoms with Gasteiger partial charge in [-0.15, -0.1) is 0 Å². The topological polar surface area (TPSA) is 164 Å². The van der Waals surface area contributed by atoms with Gasteiger partial charge in [0.25, 0.3) is 0 Å². The minimum atomic E-state index is -0.939. The fraction of sp³-hybridized carbons (Fsp3) is 0.514. The molecule has 0 heterocycles. The van der Waals surface area contributed by atoms with E-state index in [-0.39, 0.29) is 24.7 Å². The van der Waals surface area contributed by atoms with Crippen LogP contribution in [0.4, 0.5) is 26.7 Å². The quantitative estimate of drug-likeness (QED) is 0.112. The van der Waals surface area contributed by atoms with E-state index in [9.17, 15) is 24.0 Å². The molecule has 0 aliphatic carbocycles. The molecule has 0 aliphatic heterocycles. The van der Waals surface area contributed by atoms with Gasteiger partial charge in [0.05, 0.1) is 11.4 Å². The van der Waals surface area contributed by atoms with Gasteiger partial charge in [-0.1, -0.05) is 40.5 Å². The highest BCUT2D eigenvalue weighted by Gasteiger charge is 2.25. The van der Waals surface area contributed by atoms with Crippen LogP contribution in [0.15, 0.2) is 53.0 Å². The van der Waals surface area contributed by atoms with Crippen LogP contribution in [0.25, 0.3) is 0 Å². The van der Waals surface area contributed by atoms with E-state index in [1.54, 1.807) is 65.8 Å². The predicted octanol–water partition coefficient (Wildman–Crippen LogP) is 7.50. The lowest BCUT2D eigenvalue weighted by atomic mass is 10.1. The van der Waals surface area contributed by atoms with Gasteiger partial charge in [0.15, 0.2) is 0 Å². The molecule has 48 heavy (non-hydrogen) atoms. The van der Waals surface area contributed by atoms with Gasteiger partial charge in [-0.25, -0.2) is 9.59 Å². The van der Waals surface area contributed by atoms with Gasteiger partial charge >= 0.3 is 12.2 Å². The maximum Gasteiger partial charge on any atom is 0.408 e. The number of rotatable bonds is 16. The molecule has 0 saturated carbocycles. The molecule has 2 rings (SSSR count). The van der Waals surface area contributed by atoms with Crippen molar-refractivity contribution in [2.45, 2.75) is 110 Å². The largest absolute Gasteiger partial charge is 0.444 e. The molecule has 2 aromatic rings. The van der Waals surface area contributed by atoms with Crippen molar-refractivity contribution in [2.24, 2.45) is 0 Å². The molecule has 1 atom stereocenters. The summed E-state index contributed by atoms with van der Waals surface area (Å²) in [5.74, 6) is -0.792. The number of hydrogen-bond donors (Lipinski definition) is 5. The number of unbranched alkanes of at least 4 members (excludes halogenated alkanes) is 3. The first kappa shape index (κ1) is 40.0. The number of alkyl carbamates (subject to hydrolysis) is 2. The van der Waals surface area contributed by atoms with Crippen LogP contribution in [0.2, 0.25) is 0 Å². The lowest BCUT2D eigenvalue weighted by Gasteiger charge is -2.24. The number of carbonyl (C=O) groups is 5. The van der Waals surface area contributed by atoms with Crippen molar-refractivity contribution in [1.82, 2.24) is 10.6 Å². The maximum absolute atomic E-state index is 13.4. The summed E-state index contributed by atoms with van der Waals surface area (Å²) in [6.07, 6.45) is 2.59. The highest BCUT2D eigenvalue weighted by Crippen LogP contribution is 2.23. The fourth-order valence-corrected chi connectivity index (χ4v) is 4.77. The average Bonchev–Trinajstić information content (AvgIpc) is 2.95. The molecular formula is C35H50BrN5O7. The van der Waals surface area contributed by atoms with E-state index in [1.165, 1.54) is 0 Å². The van der Waals surface area contributed by atoms with Crippen LogP contribution in [0.3, 0.4) is 0 Å². The van der Waals surface area contributed by atoms with Gasteiger partial charge in [-0.05, 0) is 104 Å². The number of nitrogens with one attached hydrogen (secondary N) is 5. The second kappa shape index (κ2) is 19.6. The number of amides is 5. The highest BCUT2D eigenvalue weighted by molar-refractivity contribution is 9.10. The summed E-state index contributed by atoms with van der Waals surface area (Å²) in [4.78, 5) is 62.8. The van der Waals surface area contributed by atoms with Gasteiger partial charge in [-0.3, -0.25) is 14.4 Å². The third-order valence-corrected chi connectivity index (χ3v) is 6.96. The standard InChI is InChI=1S/C35H50BrN5O7/c1-34(2,3)47-32(45)37-22-13-12-19-28(41-33(46)48-35(4,5)6)31(44)40-27-18-11-10-17-26(27)39-30(43)21-9-7-8-20-29(42)38-25-16-14-15-24(36)23-25/h10-11,14-18,23,28H,7-9,12-13,19-22H2,1-6H3,(H,37,45)(H,38,42)(H,39,43)(H,40,44)(H,41,46)/t28-/m0/s1. The van der Waals surface area contributed by atoms with Crippen LogP contribution >= 0.6 is 15.9 Å². The van der Waals surface area contributed by atoms with Gasteiger partial charge in [-0.2, -0.15) is 0 Å². The molecular weight excluding hydrogens is 682 g/mol. The number of para-hydroxylation sites is 2. The molecule has 13 heteroatoms. The molecule has 0 radical (unpaired) electrons. The first-order valence-electron chi connectivity index (χ1n) is 16.2. The van der Waals surface area contributed by atoms with Crippen LogP contribution in [0, 0.1) is 0 Å². The summed E-state index contributed by atoms with van der Waals surface area (Å²) in [5.41, 5.74) is 0.149. The van der Waals surface area contributed by atoms with E-state index in [0.29, 0.717) is 56.4 Å². The Balaban J connectivity index is 1.88. The van der Waals surface area contributed by atoms with E-state index in [1.807, 2.05) is 24.3 Å². The van der Waals surface area contributed by atoms with Gasteiger partial charge in [0.2, 0.25) is 17.7 Å². The van der Waals surface area contributed by atoms with Crippen molar-refractivity contribution in [3.63, 3.8) is 0 Å². The van der Waals surface area contributed by atoms with Crippen molar-refractivity contribution in [2.75, 3.05) is 22.5 Å². The van der Waals surface area contributed by atoms with Gasteiger partial charge in [0.1, 0.15) is 17.2 Å². The monoisotopic (exact) mass is 731 g/mol. The zero-order valence-electron chi connectivity index (χ0n) is 28.8. The van der Waals surface area contributed by atoms with Gasteiger partial charge < -0.3 is 36.1 Å².